The van der Waals surface area contributed by atoms with Crippen LogP contribution in [0.2, 0.25) is 0 Å². The van der Waals surface area contributed by atoms with Crippen molar-refractivity contribution in [3.63, 3.8) is 0 Å². The van der Waals surface area contributed by atoms with Crippen molar-refractivity contribution in [3.05, 3.63) is 29.8 Å². The number of rotatable bonds is 2. The van der Waals surface area contributed by atoms with Crippen molar-refractivity contribution < 1.29 is 27.5 Å². The summed E-state index contributed by atoms with van der Waals surface area (Å²) in [5.41, 5.74) is -1.78. The number of halogens is 3. The molecule has 1 fully saturated rings. The van der Waals surface area contributed by atoms with Gasteiger partial charge in [0.2, 0.25) is 5.44 Å². The Bertz CT molecular complexity index is 565. The third-order valence-electron chi connectivity index (χ3n) is 2.73. The number of ether oxygens (including phenoxy) is 1. The fourth-order valence-corrected chi connectivity index (χ4v) is 2.68. The number of thioether (sulfide) groups is 1. The molecule has 1 atom stereocenters. The van der Waals surface area contributed by atoms with E-state index in [1.54, 1.807) is 0 Å². The first-order valence-electron chi connectivity index (χ1n) is 5.81. The van der Waals surface area contributed by atoms with E-state index < -0.39 is 29.2 Å². The predicted molar refractivity (Wildman–Crippen MR) is 70.7 cm³/mol. The van der Waals surface area contributed by atoms with Crippen LogP contribution in [-0.2, 0) is 15.7 Å². The van der Waals surface area contributed by atoms with Crippen molar-refractivity contribution in [2.45, 2.75) is 11.6 Å². The van der Waals surface area contributed by atoms with Gasteiger partial charge in [0.25, 0.3) is 5.91 Å². The lowest BCUT2D eigenvalue weighted by Crippen LogP contribution is -2.33. The molecule has 1 heterocycles. The Morgan fingerprint density at radius 2 is 2.19 bits per heavy atom. The van der Waals surface area contributed by atoms with Crippen molar-refractivity contribution in [2.75, 3.05) is 17.8 Å². The summed E-state index contributed by atoms with van der Waals surface area (Å²) in [5.74, 6) is -0.454. The molecule has 1 N–H and O–H groups in total. The minimum Gasteiger partial charge on any atom is -0.425 e. The highest BCUT2D eigenvalue weighted by molar-refractivity contribution is 8.01. The first-order chi connectivity index (χ1) is 9.82. The van der Waals surface area contributed by atoms with Gasteiger partial charge in [-0.1, -0.05) is 17.8 Å². The number of hydrogen-bond acceptors (Lipinski definition) is 4. The molecule has 2 rings (SSSR count). The fraction of sp³-hybridized carbons (Fsp3) is 0.333. The maximum absolute atomic E-state index is 12.7. The van der Waals surface area contributed by atoms with Gasteiger partial charge in [-0.25, -0.2) is 4.79 Å². The molecule has 2 amide bonds. The van der Waals surface area contributed by atoms with Crippen LogP contribution >= 0.6 is 11.8 Å². The quantitative estimate of drug-likeness (QED) is 0.909. The van der Waals surface area contributed by atoms with E-state index in [1.165, 1.54) is 19.2 Å². The summed E-state index contributed by atoms with van der Waals surface area (Å²) < 4.78 is 42.8. The minimum absolute atomic E-state index is 0.113. The highest BCUT2D eigenvalue weighted by atomic mass is 32.2. The molecular weight excluding hydrogens is 309 g/mol. The maximum Gasteiger partial charge on any atom is 0.416 e. The van der Waals surface area contributed by atoms with Gasteiger partial charge in [-0.3, -0.25) is 9.69 Å². The second-order valence-electron chi connectivity index (χ2n) is 4.10. The van der Waals surface area contributed by atoms with Crippen LogP contribution in [0.15, 0.2) is 24.3 Å². The fourth-order valence-electron chi connectivity index (χ4n) is 1.70. The van der Waals surface area contributed by atoms with Crippen molar-refractivity contribution in [1.29, 1.82) is 0 Å². The topological polar surface area (TPSA) is 58.6 Å². The van der Waals surface area contributed by atoms with E-state index in [1.807, 2.05) is 0 Å². The molecule has 0 bridgehead atoms. The lowest BCUT2D eigenvalue weighted by atomic mass is 10.2. The lowest BCUT2D eigenvalue weighted by Gasteiger charge is -2.17. The van der Waals surface area contributed by atoms with E-state index >= 15 is 0 Å². The predicted octanol–water partition coefficient (Wildman–Crippen LogP) is 2.42. The van der Waals surface area contributed by atoms with Gasteiger partial charge in [0.05, 0.1) is 11.4 Å². The number of nitrogens with zero attached hydrogens (tertiary/aromatic N) is 1. The van der Waals surface area contributed by atoms with Gasteiger partial charge in [-0.05, 0) is 18.2 Å². The monoisotopic (exact) mass is 320 g/mol. The Labute approximate surface area is 122 Å². The smallest absolute Gasteiger partial charge is 0.416 e. The van der Waals surface area contributed by atoms with Crippen LogP contribution in [0.3, 0.4) is 0 Å². The summed E-state index contributed by atoms with van der Waals surface area (Å²) in [5, 5.41) is 2.20. The van der Waals surface area contributed by atoms with Gasteiger partial charge in [-0.15, -0.1) is 0 Å². The molecule has 0 aliphatic carbocycles. The van der Waals surface area contributed by atoms with E-state index in [2.05, 4.69) is 5.32 Å². The molecule has 1 aromatic carbocycles. The van der Waals surface area contributed by atoms with E-state index in [-0.39, 0.29) is 11.6 Å². The summed E-state index contributed by atoms with van der Waals surface area (Å²) >= 11 is 1.02. The third kappa shape index (κ3) is 3.41. The summed E-state index contributed by atoms with van der Waals surface area (Å²) in [6.07, 6.45) is -5.25. The summed E-state index contributed by atoms with van der Waals surface area (Å²) in [6, 6.07) is 4.44. The zero-order valence-corrected chi connectivity index (χ0v) is 11.6. The van der Waals surface area contributed by atoms with Crippen molar-refractivity contribution >= 4 is 29.4 Å². The number of nitrogens with one attached hydrogen (secondary N) is 1. The Morgan fingerprint density at radius 1 is 1.48 bits per heavy atom. The average Bonchev–Trinajstić information content (AvgIpc) is 2.79. The molecule has 1 aliphatic heterocycles. The number of hydrogen-bond donors (Lipinski definition) is 1. The number of alkyl carbamates (subject to hydrolysis) is 1. The Balaban J connectivity index is 2.17. The molecule has 1 saturated heterocycles. The summed E-state index contributed by atoms with van der Waals surface area (Å²) in [7, 11) is 1.34. The van der Waals surface area contributed by atoms with E-state index in [0.29, 0.717) is 0 Å². The molecule has 0 aromatic heterocycles. The third-order valence-corrected chi connectivity index (χ3v) is 3.73. The molecule has 0 spiro atoms. The first kappa shape index (κ1) is 15.5. The Morgan fingerprint density at radius 3 is 2.81 bits per heavy atom. The van der Waals surface area contributed by atoms with Crippen molar-refractivity contribution in [2.24, 2.45) is 0 Å². The van der Waals surface area contributed by atoms with Crippen LogP contribution in [-0.4, -0.2) is 30.4 Å². The maximum atomic E-state index is 12.7. The van der Waals surface area contributed by atoms with Crippen LogP contribution < -0.4 is 10.2 Å². The second-order valence-corrected chi connectivity index (χ2v) is 5.12. The summed E-state index contributed by atoms with van der Waals surface area (Å²) in [4.78, 5) is 24.3. The van der Waals surface area contributed by atoms with Crippen LogP contribution in [0.1, 0.15) is 5.56 Å². The van der Waals surface area contributed by atoms with E-state index in [4.69, 9.17) is 4.74 Å². The Kier molecular flexibility index (Phi) is 4.31. The summed E-state index contributed by atoms with van der Waals surface area (Å²) in [6.45, 7) is 0. The van der Waals surface area contributed by atoms with Gasteiger partial charge in [0, 0.05) is 12.7 Å². The van der Waals surface area contributed by atoms with Gasteiger partial charge in [0.15, 0.2) is 0 Å². The minimum atomic E-state index is -4.48. The number of benzene rings is 1. The van der Waals surface area contributed by atoms with Crippen molar-refractivity contribution in [3.8, 4) is 0 Å². The zero-order valence-electron chi connectivity index (χ0n) is 10.8. The van der Waals surface area contributed by atoms with E-state index in [9.17, 15) is 22.8 Å². The number of carbonyl (C=O) groups is 2. The van der Waals surface area contributed by atoms with Crippen LogP contribution in [0.4, 0.5) is 23.7 Å². The molecule has 0 saturated carbocycles. The average molecular weight is 320 g/mol. The van der Waals surface area contributed by atoms with Crippen LogP contribution in [0.5, 0.6) is 0 Å². The van der Waals surface area contributed by atoms with Crippen molar-refractivity contribution in [1.82, 2.24) is 5.32 Å². The second kappa shape index (κ2) is 5.84. The van der Waals surface area contributed by atoms with E-state index in [0.717, 1.165) is 28.8 Å². The van der Waals surface area contributed by atoms with Crippen LogP contribution in [0.25, 0.3) is 0 Å². The SMILES string of the molecule is CNC(=O)OC1SCN(c2cccc(C(F)(F)F)c2)C1=O. The molecule has 114 valence electrons. The molecule has 0 radical (unpaired) electrons. The molecule has 1 unspecified atom stereocenters. The molecule has 1 aromatic rings. The molecular formula is C12H11F3N2O3S. The molecule has 1 aliphatic rings. The Hall–Kier alpha value is -1.90. The van der Waals surface area contributed by atoms with Gasteiger partial charge >= 0.3 is 12.3 Å². The molecule has 5 nitrogen and oxygen atoms in total. The lowest BCUT2D eigenvalue weighted by molar-refractivity contribution is -0.137. The number of anilines is 1. The van der Waals surface area contributed by atoms with Gasteiger partial charge in [-0.2, -0.15) is 13.2 Å². The van der Waals surface area contributed by atoms with Gasteiger partial charge in [0.1, 0.15) is 0 Å². The largest absolute Gasteiger partial charge is 0.425 e. The highest BCUT2D eigenvalue weighted by Gasteiger charge is 2.37. The zero-order chi connectivity index (χ0) is 15.6. The number of amides is 2. The standard InChI is InChI=1S/C12H11F3N2O3S/c1-16-11(19)20-10-9(18)17(6-21-10)8-4-2-3-7(5-8)12(13,14)15/h2-5,10H,6H2,1H3,(H,16,19). The van der Waals surface area contributed by atoms with Crippen LogP contribution in [0, 0.1) is 0 Å². The number of alkyl halides is 3. The highest BCUT2D eigenvalue weighted by Crippen LogP contribution is 2.35. The number of carbonyl (C=O) groups excluding carboxylic acids is 2. The normalized spacial score (nSPS) is 18.8. The molecule has 9 heteroatoms. The molecule has 21 heavy (non-hydrogen) atoms. The van der Waals surface area contributed by atoms with Gasteiger partial charge < -0.3 is 10.1 Å². The first-order valence-corrected chi connectivity index (χ1v) is 6.86.